The van der Waals surface area contributed by atoms with Gasteiger partial charge in [0.05, 0.1) is 22.7 Å². The second-order valence-corrected chi connectivity index (χ2v) is 12.8. The zero-order valence-corrected chi connectivity index (χ0v) is 25.9. The third-order valence-electron chi connectivity index (χ3n) is 7.63. The molecule has 0 radical (unpaired) electrons. The number of benzene rings is 3. The van der Waals surface area contributed by atoms with E-state index >= 15 is 0 Å². The standard InChI is InChI=1S/C32H37ClFN3O5S/c1-3-30(32(39)35-24-12-6-4-7-13-24)36(21-23-11-10-14-26(19-23)42-2)31(38)22-37(25-17-18-29(34)28(33)20-25)43(40,41)27-15-8-5-9-16-27/h5,8-11,14-20,24,30H,3-4,6-7,12-13,21-22H2,1-2H3,(H,35,39). The van der Waals surface area contributed by atoms with E-state index < -0.39 is 34.3 Å². The van der Waals surface area contributed by atoms with E-state index in [0.717, 1.165) is 42.5 Å². The molecule has 1 unspecified atom stereocenters. The lowest BCUT2D eigenvalue weighted by Gasteiger charge is -2.34. The van der Waals surface area contributed by atoms with Crippen LogP contribution in [0.1, 0.15) is 51.0 Å². The number of methoxy groups -OCH3 is 1. The third kappa shape index (κ3) is 8.06. The summed E-state index contributed by atoms with van der Waals surface area (Å²) < 4.78 is 48.1. The second kappa shape index (κ2) is 14.7. The Balaban J connectivity index is 1.72. The van der Waals surface area contributed by atoms with Crippen LogP contribution in [0.2, 0.25) is 5.02 Å². The highest BCUT2D eigenvalue weighted by atomic mass is 35.5. The molecule has 230 valence electrons. The first-order chi connectivity index (χ1) is 20.6. The van der Waals surface area contributed by atoms with Crippen molar-refractivity contribution >= 4 is 39.1 Å². The second-order valence-electron chi connectivity index (χ2n) is 10.6. The van der Waals surface area contributed by atoms with Crippen LogP contribution in [0.5, 0.6) is 5.75 Å². The summed E-state index contributed by atoms with van der Waals surface area (Å²) in [4.78, 5) is 29.2. The van der Waals surface area contributed by atoms with Gasteiger partial charge in [-0.3, -0.25) is 13.9 Å². The molecule has 1 atom stereocenters. The zero-order chi connectivity index (χ0) is 31.0. The summed E-state index contributed by atoms with van der Waals surface area (Å²) in [5.74, 6) is -1.03. The first-order valence-corrected chi connectivity index (χ1v) is 16.2. The van der Waals surface area contributed by atoms with Crippen LogP contribution in [0.3, 0.4) is 0 Å². The Labute approximate surface area is 257 Å². The van der Waals surface area contributed by atoms with Gasteiger partial charge in [0.1, 0.15) is 24.2 Å². The number of anilines is 1. The van der Waals surface area contributed by atoms with E-state index in [1.165, 1.54) is 36.3 Å². The van der Waals surface area contributed by atoms with Crippen LogP contribution in [-0.2, 0) is 26.2 Å². The average Bonchev–Trinajstić information content (AvgIpc) is 3.02. The molecule has 1 fully saturated rings. The predicted molar refractivity (Wildman–Crippen MR) is 165 cm³/mol. The Bertz CT molecular complexity index is 1520. The predicted octanol–water partition coefficient (Wildman–Crippen LogP) is 5.94. The van der Waals surface area contributed by atoms with Crippen molar-refractivity contribution in [2.75, 3.05) is 18.0 Å². The molecule has 0 bridgehead atoms. The fraction of sp³-hybridized carbons (Fsp3) is 0.375. The van der Waals surface area contributed by atoms with E-state index in [-0.39, 0.29) is 34.1 Å². The van der Waals surface area contributed by atoms with Crippen LogP contribution in [0.25, 0.3) is 0 Å². The van der Waals surface area contributed by atoms with Gasteiger partial charge >= 0.3 is 0 Å². The van der Waals surface area contributed by atoms with Crippen molar-refractivity contribution in [3.05, 3.63) is 89.2 Å². The molecule has 2 amide bonds. The molecule has 3 aromatic carbocycles. The van der Waals surface area contributed by atoms with Gasteiger partial charge in [-0.2, -0.15) is 0 Å². The first-order valence-electron chi connectivity index (χ1n) is 14.4. The molecule has 0 heterocycles. The fourth-order valence-electron chi connectivity index (χ4n) is 5.32. The minimum atomic E-state index is -4.29. The maximum absolute atomic E-state index is 14.2. The van der Waals surface area contributed by atoms with Crippen LogP contribution in [0.4, 0.5) is 10.1 Å². The number of nitrogens with zero attached hydrogens (tertiary/aromatic N) is 2. The van der Waals surface area contributed by atoms with Gasteiger partial charge in [-0.1, -0.05) is 68.1 Å². The summed E-state index contributed by atoms with van der Waals surface area (Å²) in [6, 6.07) is 17.4. The molecule has 8 nitrogen and oxygen atoms in total. The van der Waals surface area contributed by atoms with Gasteiger partial charge in [-0.25, -0.2) is 12.8 Å². The lowest BCUT2D eigenvalue weighted by atomic mass is 9.95. The zero-order valence-electron chi connectivity index (χ0n) is 24.3. The summed E-state index contributed by atoms with van der Waals surface area (Å²) in [6.07, 6.45) is 5.24. The number of hydrogen-bond donors (Lipinski definition) is 1. The van der Waals surface area contributed by atoms with Crippen LogP contribution >= 0.6 is 11.6 Å². The minimum absolute atomic E-state index is 0.0182. The molecule has 0 aromatic heterocycles. The van der Waals surface area contributed by atoms with E-state index in [9.17, 15) is 22.4 Å². The number of hydrogen-bond acceptors (Lipinski definition) is 5. The monoisotopic (exact) mass is 629 g/mol. The minimum Gasteiger partial charge on any atom is -0.497 e. The molecule has 3 aromatic rings. The number of ether oxygens (including phenoxy) is 1. The highest BCUT2D eigenvalue weighted by Crippen LogP contribution is 2.29. The lowest BCUT2D eigenvalue weighted by Crippen LogP contribution is -2.54. The maximum Gasteiger partial charge on any atom is 0.264 e. The molecule has 4 rings (SSSR count). The first kappa shape index (κ1) is 32.3. The number of carbonyl (C=O) groups is 2. The van der Waals surface area contributed by atoms with E-state index in [1.54, 1.807) is 36.4 Å². The Morgan fingerprint density at radius 1 is 1.02 bits per heavy atom. The van der Waals surface area contributed by atoms with E-state index in [0.29, 0.717) is 17.7 Å². The number of amides is 2. The Hall–Kier alpha value is -3.63. The van der Waals surface area contributed by atoms with Gasteiger partial charge in [0, 0.05) is 12.6 Å². The largest absolute Gasteiger partial charge is 0.497 e. The molecule has 11 heteroatoms. The van der Waals surface area contributed by atoms with Crippen molar-refractivity contribution in [1.29, 1.82) is 0 Å². The van der Waals surface area contributed by atoms with E-state index in [1.807, 2.05) is 13.0 Å². The van der Waals surface area contributed by atoms with Crippen LogP contribution in [0, 0.1) is 5.82 Å². The van der Waals surface area contributed by atoms with Gasteiger partial charge in [-0.05, 0) is 67.3 Å². The van der Waals surface area contributed by atoms with Crippen molar-refractivity contribution < 1.29 is 27.1 Å². The van der Waals surface area contributed by atoms with Crippen molar-refractivity contribution in [1.82, 2.24) is 10.2 Å². The van der Waals surface area contributed by atoms with Crippen molar-refractivity contribution in [2.45, 2.75) is 69.0 Å². The highest BCUT2D eigenvalue weighted by molar-refractivity contribution is 7.92. The van der Waals surface area contributed by atoms with Gasteiger partial charge in [0.2, 0.25) is 11.8 Å². The Morgan fingerprint density at radius 2 is 1.74 bits per heavy atom. The molecular formula is C32H37ClFN3O5S. The summed E-state index contributed by atoms with van der Waals surface area (Å²) in [7, 11) is -2.75. The maximum atomic E-state index is 14.2. The van der Waals surface area contributed by atoms with Crippen LogP contribution in [-0.4, -0.2) is 50.9 Å². The Kier molecular flexibility index (Phi) is 11.0. The van der Waals surface area contributed by atoms with Gasteiger partial charge in [0.15, 0.2) is 0 Å². The molecule has 1 saturated carbocycles. The lowest BCUT2D eigenvalue weighted by molar-refractivity contribution is -0.140. The molecule has 1 N–H and O–H groups in total. The quantitative estimate of drug-likeness (QED) is 0.268. The third-order valence-corrected chi connectivity index (χ3v) is 9.70. The summed E-state index contributed by atoms with van der Waals surface area (Å²) in [5, 5.41) is 2.83. The van der Waals surface area contributed by atoms with E-state index in [2.05, 4.69) is 5.32 Å². The summed E-state index contributed by atoms with van der Waals surface area (Å²) >= 11 is 6.04. The SMILES string of the molecule is CCC(C(=O)NC1CCCCC1)N(Cc1cccc(OC)c1)C(=O)CN(c1ccc(F)c(Cl)c1)S(=O)(=O)c1ccccc1. The number of sulfonamides is 1. The number of carbonyl (C=O) groups excluding carboxylic acids is 2. The molecular weight excluding hydrogens is 593 g/mol. The normalized spacial score (nSPS) is 14.5. The topological polar surface area (TPSA) is 96.0 Å². The van der Waals surface area contributed by atoms with Gasteiger partial charge in [-0.15, -0.1) is 0 Å². The highest BCUT2D eigenvalue weighted by Gasteiger charge is 2.34. The molecule has 0 aliphatic heterocycles. The molecule has 1 aliphatic rings. The molecule has 1 aliphatic carbocycles. The van der Waals surface area contributed by atoms with Crippen molar-refractivity contribution in [3.63, 3.8) is 0 Å². The Morgan fingerprint density at radius 3 is 2.40 bits per heavy atom. The van der Waals surface area contributed by atoms with Crippen molar-refractivity contribution in [2.24, 2.45) is 0 Å². The summed E-state index contributed by atoms with van der Waals surface area (Å²) in [6.45, 7) is 1.21. The molecule has 0 saturated heterocycles. The van der Waals surface area contributed by atoms with Gasteiger partial charge < -0.3 is 15.0 Å². The van der Waals surface area contributed by atoms with Crippen molar-refractivity contribution in [3.8, 4) is 5.75 Å². The number of halogens is 2. The van der Waals surface area contributed by atoms with E-state index in [4.69, 9.17) is 16.3 Å². The van der Waals surface area contributed by atoms with Crippen LogP contribution in [0.15, 0.2) is 77.7 Å². The number of rotatable bonds is 12. The fourth-order valence-corrected chi connectivity index (χ4v) is 6.92. The number of nitrogens with one attached hydrogen (secondary N) is 1. The smallest absolute Gasteiger partial charge is 0.264 e. The summed E-state index contributed by atoms with van der Waals surface area (Å²) in [5.41, 5.74) is 0.726. The molecule has 43 heavy (non-hydrogen) atoms. The van der Waals surface area contributed by atoms with Crippen LogP contribution < -0.4 is 14.4 Å². The molecule has 0 spiro atoms. The van der Waals surface area contributed by atoms with Gasteiger partial charge in [0.25, 0.3) is 10.0 Å². The average molecular weight is 630 g/mol.